The number of hydrogen-bond acceptors (Lipinski definition) is 2. The third kappa shape index (κ3) is 1.63. The van der Waals surface area contributed by atoms with Gasteiger partial charge in [0.2, 0.25) is 11.8 Å². The molecule has 0 radical (unpaired) electrons. The number of halogens is 1. The Bertz CT molecular complexity index is 590. The van der Waals surface area contributed by atoms with E-state index < -0.39 is 0 Å². The van der Waals surface area contributed by atoms with Crippen LogP contribution in [0.25, 0.3) is 0 Å². The van der Waals surface area contributed by atoms with Crippen molar-refractivity contribution in [1.29, 1.82) is 0 Å². The van der Waals surface area contributed by atoms with Crippen molar-refractivity contribution in [2.75, 3.05) is 4.90 Å². The zero-order chi connectivity index (χ0) is 13.9. The highest BCUT2D eigenvalue weighted by molar-refractivity contribution is 14.1. The van der Waals surface area contributed by atoms with Crippen LogP contribution in [0.5, 0.6) is 0 Å². The molecule has 102 valence electrons. The first-order valence-corrected chi connectivity index (χ1v) is 8.06. The topological polar surface area (TPSA) is 37.4 Å². The maximum atomic E-state index is 12.7. The molecule has 4 atom stereocenters. The fourth-order valence-electron chi connectivity index (χ4n) is 3.92. The molecule has 4 heteroatoms. The number of anilines is 1. The smallest absolute Gasteiger partial charge is 0.238 e. The van der Waals surface area contributed by atoms with E-state index in [-0.39, 0.29) is 35.5 Å². The van der Waals surface area contributed by atoms with Crippen molar-refractivity contribution in [2.45, 2.75) is 12.8 Å². The van der Waals surface area contributed by atoms with E-state index in [1.807, 2.05) is 24.3 Å². The number of rotatable bonds is 1. The van der Waals surface area contributed by atoms with Gasteiger partial charge in [0.1, 0.15) is 0 Å². The summed E-state index contributed by atoms with van der Waals surface area (Å²) >= 11 is 2.22. The highest BCUT2D eigenvalue weighted by Gasteiger charge is 2.56. The summed E-state index contributed by atoms with van der Waals surface area (Å²) < 4.78 is 1.10. The van der Waals surface area contributed by atoms with Crippen molar-refractivity contribution in [3.63, 3.8) is 0 Å². The molecule has 4 unspecified atom stereocenters. The first kappa shape index (κ1) is 12.6. The van der Waals surface area contributed by atoms with E-state index in [2.05, 4.69) is 34.7 Å². The number of nitrogens with zero attached hydrogens (tertiary/aromatic N) is 1. The summed E-state index contributed by atoms with van der Waals surface area (Å²) in [4.78, 5) is 26.8. The average molecular weight is 379 g/mol. The van der Waals surface area contributed by atoms with Crippen LogP contribution in [0.15, 0.2) is 36.4 Å². The van der Waals surface area contributed by atoms with Crippen LogP contribution in [0, 0.1) is 27.2 Å². The second-order valence-corrected chi connectivity index (χ2v) is 7.08. The summed E-state index contributed by atoms with van der Waals surface area (Å²) in [7, 11) is 0. The second-order valence-electron chi connectivity index (χ2n) is 5.83. The molecule has 3 nitrogen and oxygen atoms in total. The van der Waals surface area contributed by atoms with Crippen LogP contribution in [0.3, 0.4) is 0 Å². The van der Waals surface area contributed by atoms with Gasteiger partial charge < -0.3 is 0 Å². The molecular weight excluding hydrogens is 365 g/mol. The highest BCUT2D eigenvalue weighted by Crippen LogP contribution is 2.50. The first-order valence-electron chi connectivity index (χ1n) is 6.98. The van der Waals surface area contributed by atoms with Crippen molar-refractivity contribution >= 4 is 40.1 Å². The predicted octanol–water partition coefficient (Wildman–Crippen LogP) is 2.99. The van der Waals surface area contributed by atoms with Crippen LogP contribution in [0.2, 0.25) is 0 Å². The van der Waals surface area contributed by atoms with E-state index in [1.54, 1.807) is 0 Å². The number of hydrogen-bond donors (Lipinski definition) is 0. The fraction of sp³-hybridized carbons (Fsp3) is 0.375. The van der Waals surface area contributed by atoms with E-state index in [0.717, 1.165) is 16.4 Å². The van der Waals surface area contributed by atoms with Crippen molar-refractivity contribution < 1.29 is 9.59 Å². The summed E-state index contributed by atoms with van der Waals surface area (Å²) in [6.07, 6.45) is 6.39. The average Bonchev–Trinajstić information content (AvgIpc) is 2.76. The van der Waals surface area contributed by atoms with E-state index in [1.165, 1.54) is 4.90 Å². The van der Waals surface area contributed by atoms with Crippen LogP contribution >= 0.6 is 22.6 Å². The van der Waals surface area contributed by atoms with E-state index >= 15 is 0 Å². The molecule has 0 aromatic heterocycles. The number of amides is 2. The molecular formula is C16H14INO2. The summed E-state index contributed by atoms with van der Waals surface area (Å²) in [5.74, 6) is 0.280. The van der Waals surface area contributed by atoms with Gasteiger partial charge in [-0.15, -0.1) is 0 Å². The van der Waals surface area contributed by atoms with Gasteiger partial charge in [-0.05, 0) is 71.5 Å². The van der Waals surface area contributed by atoms with Crippen molar-refractivity contribution in [3.8, 4) is 0 Å². The lowest BCUT2D eigenvalue weighted by Crippen LogP contribution is -2.38. The van der Waals surface area contributed by atoms with Gasteiger partial charge in [-0.3, -0.25) is 14.5 Å². The van der Waals surface area contributed by atoms with E-state index in [4.69, 9.17) is 0 Å². The molecule has 20 heavy (non-hydrogen) atoms. The second kappa shape index (κ2) is 4.41. The molecule has 3 aliphatic carbocycles. The molecule has 2 bridgehead atoms. The van der Waals surface area contributed by atoms with Crippen LogP contribution in [0.1, 0.15) is 12.8 Å². The van der Waals surface area contributed by atoms with Gasteiger partial charge in [-0.1, -0.05) is 12.2 Å². The molecule has 5 rings (SSSR count). The van der Waals surface area contributed by atoms with Crippen LogP contribution in [0.4, 0.5) is 5.69 Å². The summed E-state index contributed by atoms with van der Waals surface area (Å²) in [5.41, 5.74) is 0.717. The summed E-state index contributed by atoms with van der Waals surface area (Å²) in [6.45, 7) is 0. The Morgan fingerprint density at radius 2 is 1.40 bits per heavy atom. The molecule has 1 aliphatic heterocycles. The molecule has 1 heterocycles. The van der Waals surface area contributed by atoms with Gasteiger partial charge in [0.15, 0.2) is 0 Å². The minimum Gasteiger partial charge on any atom is -0.274 e. The minimum atomic E-state index is -0.120. The minimum absolute atomic E-state index is 0.000239. The Kier molecular flexibility index (Phi) is 2.77. The monoisotopic (exact) mass is 379 g/mol. The quantitative estimate of drug-likeness (QED) is 0.428. The molecule has 1 saturated carbocycles. The van der Waals surface area contributed by atoms with Gasteiger partial charge >= 0.3 is 0 Å². The highest BCUT2D eigenvalue weighted by atomic mass is 127. The molecule has 2 amide bonds. The third-order valence-corrected chi connectivity index (χ3v) is 5.56. The van der Waals surface area contributed by atoms with Crippen molar-refractivity contribution in [2.24, 2.45) is 23.7 Å². The molecule has 0 spiro atoms. The molecule has 1 saturated heterocycles. The predicted molar refractivity (Wildman–Crippen MR) is 84.0 cm³/mol. The number of benzene rings is 1. The standard InChI is InChI=1S/C16H14INO2/c17-11-5-7-12(8-6-11)18-15(19)13-9-1-2-10(4-3-9)14(13)16(18)20/h1-2,5-10,13-14H,3-4H2. The summed E-state index contributed by atoms with van der Waals surface area (Å²) in [6, 6.07) is 7.60. The number of imide groups is 1. The zero-order valence-corrected chi connectivity index (χ0v) is 13.0. The van der Waals surface area contributed by atoms with Gasteiger partial charge in [0.25, 0.3) is 0 Å². The number of fused-ring (bicyclic) bond motifs is 1. The Balaban J connectivity index is 1.75. The zero-order valence-electron chi connectivity index (χ0n) is 10.8. The molecule has 4 aliphatic rings. The molecule has 1 aromatic carbocycles. The Labute approximate surface area is 131 Å². The largest absolute Gasteiger partial charge is 0.274 e. The van der Waals surface area contributed by atoms with Crippen molar-refractivity contribution in [1.82, 2.24) is 0 Å². The van der Waals surface area contributed by atoms with Crippen LogP contribution in [-0.4, -0.2) is 11.8 Å². The maximum absolute atomic E-state index is 12.7. The van der Waals surface area contributed by atoms with E-state index in [9.17, 15) is 9.59 Å². The van der Waals surface area contributed by atoms with Gasteiger partial charge in [0.05, 0.1) is 17.5 Å². The number of allylic oxidation sites excluding steroid dienone is 2. The van der Waals surface area contributed by atoms with Gasteiger partial charge in [-0.2, -0.15) is 0 Å². The fourth-order valence-corrected chi connectivity index (χ4v) is 4.28. The lowest BCUT2D eigenvalue weighted by atomic mass is 9.63. The number of carbonyl (C=O) groups is 2. The Hall–Kier alpha value is -1.17. The lowest BCUT2D eigenvalue weighted by molar-refractivity contribution is -0.124. The van der Waals surface area contributed by atoms with Crippen LogP contribution in [-0.2, 0) is 9.59 Å². The molecule has 1 aromatic rings. The molecule has 0 N–H and O–H groups in total. The SMILES string of the molecule is O=C1C2C3C=CC(CC3)C2C(=O)N1c1ccc(I)cc1. The lowest BCUT2D eigenvalue weighted by Gasteiger charge is -2.38. The number of carbonyl (C=O) groups excluding carboxylic acids is 2. The molecule has 2 fully saturated rings. The normalized spacial score (nSPS) is 34.8. The maximum Gasteiger partial charge on any atom is 0.238 e. The van der Waals surface area contributed by atoms with Crippen molar-refractivity contribution in [3.05, 3.63) is 40.0 Å². The Morgan fingerprint density at radius 1 is 0.900 bits per heavy atom. The third-order valence-electron chi connectivity index (χ3n) is 4.84. The van der Waals surface area contributed by atoms with E-state index in [0.29, 0.717) is 5.69 Å². The first-order chi connectivity index (χ1) is 9.66. The van der Waals surface area contributed by atoms with Gasteiger partial charge in [0, 0.05) is 3.57 Å². The Morgan fingerprint density at radius 3 is 1.85 bits per heavy atom. The summed E-state index contributed by atoms with van der Waals surface area (Å²) in [5, 5.41) is 0. The van der Waals surface area contributed by atoms with Crippen LogP contribution < -0.4 is 4.90 Å². The van der Waals surface area contributed by atoms with Gasteiger partial charge in [-0.25, -0.2) is 0 Å².